The van der Waals surface area contributed by atoms with E-state index in [1.165, 1.54) is 0 Å². The second-order valence-electron chi connectivity index (χ2n) is 3.87. The van der Waals surface area contributed by atoms with Crippen molar-refractivity contribution in [2.24, 2.45) is 7.05 Å². The molecule has 1 amide bonds. The summed E-state index contributed by atoms with van der Waals surface area (Å²) in [6, 6.07) is 5.38. The Balaban J connectivity index is 1.98. The Morgan fingerprint density at radius 3 is 2.94 bits per heavy atom. The number of aryl methyl sites for hydroxylation is 2. The van der Waals surface area contributed by atoms with Gasteiger partial charge in [-0.3, -0.25) is 9.48 Å². The summed E-state index contributed by atoms with van der Waals surface area (Å²) >= 11 is 0. The maximum Gasteiger partial charge on any atom is 0.270 e. The number of nitrogens with zero attached hydrogens (tertiary/aromatic N) is 3. The van der Waals surface area contributed by atoms with Crippen molar-refractivity contribution in [3.8, 4) is 0 Å². The molecule has 2 heterocycles. The lowest BCUT2D eigenvalue weighted by Crippen LogP contribution is -2.23. The number of nitrogens with one attached hydrogen (secondary N) is 1. The van der Waals surface area contributed by atoms with E-state index in [9.17, 15) is 4.79 Å². The number of rotatable bonds is 3. The van der Waals surface area contributed by atoms with E-state index in [1.54, 1.807) is 16.9 Å². The molecule has 0 spiro atoms. The van der Waals surface area contributed by atoms with Crippen molar-refractivity contribution in [2.75, 3.05) is 0 Å². The highest BCUT2D eigenvalue weighted by Crippen LogP contribution is 2.00. The Kier molecular flexibility index (Phi) is 3.18. The third-order valence-electron chi connectivity index (χ3n) is 2.33. The van der Waals surface area contributed by atoms with Crippen molar-refractivity contribution in [3.05, 3.63) is 47.5 Å². The van der Waals surface area contributed by atoms with Gasteiger partial charge in [-0.05, 0) is 19.1 Å². The first-order chi connectivity index (χ1) is 8.15. The molecule has 5 heteroatoms. The van der Waals surface area contributed by atoms with E-state index in [-0.39, 0.29) is 5.91 Å². The first-order valence-corrected chi connectivity index (χ1v) is 5.34. The molecule has 0 aliphatic carbocycles. The summed E-state index contributed by atoms with van der Waals surface area (Å²) in [4.78, 5) is 15.9. The van der Waals surface area contributed by atoms with Crippen LogP contribution in [0.15, 0.2) is 30.6 Å². The van der Waals surface area contributed by atoms with Gasteiger partial charge in [-0.1, -0.05) is 6.07 Å². The first-order valence-electron chi connectivity index (χ1n) is 5.34. The average Bonchev–Trinajstić information content (AvgIpc) is 2.72. The van der Waals surface area contributed by atoms with Gasteiger partial charge in [0, 0.05) is 31.0 Å². The summed E-state index contributed by atoms with van der Waals surface area (Å²) in [5.41, 5.74) is 2.24. The quantitative estimate of drug-likeness (QED) is 0.857. The fourth-order valence-electron chi connectivity index (χ4n) is 1.51. The second kappa shape index (κ2) is 4.78. The molecule has 2 aromatic heterocycles. The smallest absolute Gasteiger partial charge is 0.270 e. The molecular weight excluding hydrogens is 216 g/mol. The zero-order valence-corrected chi connectivity index (χ0v) is 9.84. The first kappa shape index (κ1) is 11.3. The summed E-state index contributed by atoms with van der Waals surface area (Å²) in [7, 11) is 1.84. The Morgan fingerprint density at radius 2 is 2.29 bits per heavy atom. The molecule has 0 aliphatic heterocycles. The van der Waals surface area contributed by atoms with Crippen molar-refractivity contribution in [3.63, 3.8) is 0 Å². The molecule has 0 saturated carbocycles. The van der Waals surface area contributed by atoms with E-state index in [4.69, 9.17) is 0 Å². The number of carbonyl (C=O) groups is 1. The molecule has 0 fully saturated rings. The molecule has 0 bridgehead atoms. The molecule has 17 heavy (non-hydrogen) atoms. The Morgan fingerprint density at radius 1 is 1.47 bits per heavy atom. The third-order valence-corrected chi connectivity index (χ3v) is 2.33. The van der Waals surface area contributed by atoms with E-state index < -0.39 is 0 Å². The number of aromatic nitrogens is 3. The van der Waals surface area contributed by atoms with Crippen molar-refractivity contribution in [1.82, 2.24) is 20.1 Å². The predicted octanol–water partition coefficient (Wildman–Crippen LogP) is 1.05. The molecule has 2 aromatic rings. The van der Waals surface area contributed by atoms with Crippen LogP contribution in [0.3, 0.4) is 0 Å². The Labute approximate surface area is 99.5 Å². The molecule has 5 nitrogen and oxygen atoms in total. The van der Waals surface area contributed by atoms with Crippen LogP contribution in [-0.4, -0.2) is 20.7 Å². The topological polar surface area (TPSA) is 59.8 Å². The third kappa shape index (κ3) is 2.90. The lowest BCUT2D eigenvalue weighted by Gasteiger charge is -2.03. The van der Waals surface area contributed by atoms with E-state index in [2.05, 4.69) is 15.4 Å². The highest BCUT2D eigenvalue weighted by molar-refractivity contribution is 5.92. The molecule has 0 atom stereocenters. The Hall–Kier alpha value is -2.17. The lowest BCUT2D eigenvalue weighted by molar-refractivity contribution is 0.0945. The minimum atomic E-state index is -0.169. The fourth-order valence-corrected chi connectivity index (χ4v) is 1.51. The van der Waals surface area contributed by atoms with Crippen molar-refractivity contribution in [2.45, 2.75) is 13.5 Å². The minimum Gasteiger partial charge on any atom is -0.347 e. The summed E-state index contributed by atoms with van der Waals surface area (Å²) in [6.07, 6.45) is 3.59. The number of hydrogen-bond acceptors (Lipinski definition) is 3. The van der Waals surface area contributed by atoms with Crippen molar-refractivity contribution in [1.29, 1.82) is 0 Å². The number of hydrogen-bond donors (Lipinski definition) is 1. The van der Waals surface area contributed by atoms with Crippen molar-refractivity contribution >= 4 is 5.91 Å². The second-order valence-corrected chi connectivity index (χ2v) is 3.87. The zero-order chi connectivity index (χ0) is 12.3. The van der Waals surface area contributed by atoms with Gasteiger partial charge in [0.2, 0.25) is 0 Å². The maximum absolute atomic E-state index is 11.8. The van der Waals surface area contributed by atoms with Gasteiger partial charge in [-0.2, -0.15) is 5.10 Å². The van der Waals surface area contributed by atoms with E-state index in [1.807, 2.05) is 32.3 Å². The van der Waals surface area contributed by atoms with Gasteiger partial charge in [0.15, 0.2) is 0 Å². The van der Waals surface area contributed by atoms with Crippen LogP contribution in [0.5, 0.6) is 0 Å². The van der Waals surface area contributed by atoms with Crippen LogP contribution in [0, 0.1) is 6.92 Å². The minimum absolute atomic E-state index is 0.169. The molecule has 88 valence electrons. The van der Waals surface area contributed by atoms with Gasteiger partial charge in [0.1, 0.15) is 5.69 Å². The number of pyridine rings is 1. The van der Waals surface area contributed by atoms with Crippen LogP contribution in [0.2, 0.25) is 0 Å². The van der Waals surface area contributed by atoms with Gasteiger partial charge in [0.05, 0.1) is 6.20 Å². The van der Waals surface area contributed by atoms with Gasteiger partial charge in [-0.15, -0.1) is 0 Å². The van der Waals surface area contributed by atoms with Crippen molar-refractivity contribution < 1.29 is 4.79 Å². The van der Waals surface area contributed by atoms with Gasteiger partial charge >= 0.3 is 0 Å². The summed E-state index contributed by atoms with van der Waals surface area (Å²) in [5.74, 6) is -0.169. The summed E-state index contributed by atoms with van der Waals surface area (Å²) in [5, 5.41) is 6.83. The normalized spacial score (nSPS) is 10.2. The summed E-state index contributed by atoms with van der Waals surface area (Å²) in [6.45, 7) is 2.32. The van der Waals surface area contributed by atoms with Gasteiger partial charge in [-0.25, -0.2) is 4.98 Å². The fraction of sp³-hybridized carbons (Fsp3) is 0.250. The van der Waals surface area contributed by atoms with Crippen LogP contribution in [-0.2, 0) is 13.6 Å². The van der Waals surface area contributed by atoms with Crippen LogP contribution >= 0.6 is 0 Å². The van der Waals surface area contributed by atoms with Crippen LogP contribution in [0.4, 0.5) is 0 Å². The Bertz CT molecular complexity index is 533. The average molecular weight is 230 g/mol. The van der Waals surface area contributed by atoms with Gasteiger partial charge < -0.3 is 5.32 Å². The largest absolute Gasteiger partial charge is 0.347 e. The molecule has 0 aliphatic rings. The molecule has 2 rings (SSSR count). The van der Waals surface area contributed by atoms with Crippen LogP contribution in [0.25, 0.3) is 0 Å². The predicted molar refractivity (Wildman–Crippen MR) is 63.4 cm³/mol. The number of carbonyl (C=O) groups excluding carboxylic acids is 1. The maximum atomic E-state index is 11.8. The molecule has 0 saturated heterocycles. The highest BCUT2D eigenvalue weighted by Gasteiger charge is 2.06. The number of amides is 1. The van der Waals surface area contributed by atoms with E-state index in [0.717, 1.165) is 11.3 Å². The molecule has 0 unspecified atom stereocenters. The monoisotopic (exact) mass is 230 g/mol. The van der Waals surface area contributed by atoms with E-state index in [0.29, 0.717) is 12.2 Å². The molecule has 0 radical (unpaired) electrons. The van der Waals surface area contributed by atoms with Gasteiger partial charge in [0.25, 0.3) is 5.91 Å². The summed E-state index contributed by atoms with van der Waals surface area (Å²) < 4.78 is 1.70. The standard InChI is InChI=1S/C12H14N4O/c1-9-4-3-5-11(15-9)12(17)13-6-10-7-14-16(2)8-10/h3-5,7-8H,6H2,1-2H3,(H,13,17). The lowest BCUT2D eigenvalue weighted by atomic mass is 10.3. The molecule has 1 N–H and O–H groups in total. The molecular formula is C12H14N4O. The molecule has 0 aromatic carbocycles. The van der Waals surface area contributed by atoms with Crippen LogP contribution < -0.4 is 5.32 Å². The zero-order valence-electron chi connectivity index (χ0n) is 9.84. The van der Waals surface area contributed by atoms with Crippen LogP contribution in [0.1, 0.15) is 21.7 Å². The SMILES string of the molecule is Cc1cccc(C(=O)NCc2cnn(C)c2)n1. The highest BCUT2D eigenvalue weighted by atomic mass is 16.1. The van der Waals surface area contributed by atoms with E-state index >= 15 is 0 Å².